The van der Waals surface area contributed by atoms with Crippen LogP contribution in [0.5, 0.6) is 0 Å². The van der Waals surface area contributed by atoms with Gasteiger partial charge >= 0.3 is 5.97 Å². The Hall–Kier alpha value is -1.99. The van der Waals surface area contributed by atoms with E-state index in [-0.39, 0.29) is 21.6 Å². The van der Waals surface area contributed by atoms with Crippen LogP contribution in [-0.2, 0) is 0 Å². The Balaban J connectivity index is 2.32. The molecule has 1 aromatic heterocycles. The summed E-state index contributed by atoms with van der Waals surface area (Å²) in [5.41, 5.74) is -0.161. The first kappa shape index (κ1) is 13.4. The van der Waals surface area contributed by atoms with Crippen LogP contribution in [0.2, 0.25) is 5.02 Å². The molecular formula is C11H6ClNO5S. The number of nitro groups is 1. The summed E-state index contributed by atoms with van der Waals surface area (Å²) in [6, 6.07) is 6.94. The fourth-order valence-electron chi connectivity index (χ4n) is 1.32. The van der Waals surface area contributed by atoms with Gasteiger partial charge in [-0.2, -0.15) is 0 Å². The van der Waals surface area contributed by atoms with Crippen molar-refractivity contribution in [1.82, 2.24) is 0 Å². The molecule has 0 aliphatic rings. The number of furan rings is 1. The number of nitro benzene ring substituents is 1. The second-order valence-electron chi connectivity index (χ2n) is 3.40. The number of aromatic carboxylic acids is 1. The molecule has 6 nitrogen and oxygen atoms in total. The second kappa shape index (κ2) is 5.33. The molecule has 19 heavy (non-hydrogen) atoms. The summed E-state index contributed by atoms with van der Waals surface area (Å²) in [6.45, 7) is 0. The van der Waals surface area contributed by atoms with E-state index in [0.717, 1.165) is 11.8 Å². The van der Waals surface area contributed by atoms with E-state index in [1.165, 1.54) is 30.3 Å². The molecule has 0 fully saturated rings. The third-order valence-electron chi connectivity index (χ3n) is 2.12. The molecule has 0 aliphatic carbocycles. The number of nitrogens with zero attached hydrogens (tertiary/aromatic N) is 1. The van der Waals surface area contributed by atoms with Gasteiger partial charge in [0.15, 0.2) is 5.09 Å². The van der Waals surface area contributed by atoms with Gasteiger partial charge < -0.3 is 9.52 Å². The SMILES string of the molecule is O=C(O)c1ccc(Sc2ccc(Cl)cc2[N+](=O)[O-])o1. The van der Waals surface area contributed by atoms with Gasteiger partial charge in [0.2, 0.25) is 5.76 Å². The predicted octanol–water partition coefficient (Wildman–Crippen LogP) is 3.69. The number of hydrogen-bond acceptors (Lipinski definition) is 5. The molecule has 1 aromatic carbocycles. The molecule has 0 bridgehead atoms. The topological polar surface area (TPSA) is 93.6 Å². The first-order valence-electron chi connectivity index (χ1n) is 4.92. The van der Waals surface area contributed by atoms with E-state index in [4.69, 9.17) is 21.1 Å². The van der Waals surface area contributed by atoms with Crippen molar-refractivity contribution >= 4 is 35.0 Å². The van der Waals surface area contributed by atoms with Gasteiger partial charge in [-0.05, 0) is 36.0 Å². The summed E-state index contributed by atoms with van der Waals surface area (Å²) < 4.78 is 5.02. The zero-order valence-corrected chi connectivity index (χ0v) is 10.8. The normalized spacial score (nSPS) is 10.4. The highest BCUT2D eigenvalue weighted by atomic mass is 35.5. The molecule has 0 atom stereocenters. The Morgan fingerprint density at radius 3 is 2.68 bits per heavy atom. The fraction of sp³-hybridized carbons (Fsp3) is 0. The zero-order chi connectivity index (χ0) is 14.0. The monoisotopic (exact) mass is 299 g/mol. The van der Waals surface area contributed by atoms with Crippen LogP contribution in [0.15, 0.2) is 44.7 Å². The van der Waals surface area contributed by atoms with Crippen molar-refractivity contribution in [2.24, 2.45) is 0 Å². The van der Waals surface area contributed by atoms with Gasteiger partial charge in [0, 0.05) is 11.1 Å². The maximum Gasteiger partial charge on any atom is 0.371 e. The van der Waals surface area contributed by atoms with Crippen LogP contribution in [0.1, 0.15) is 10.6 Å². The molecule has 1 heterocycles. The van der Waals surface area contributed by atoms with E-state index in [2.05, 4.69) is 0 Å². The highest BCUT2D eigenvalue weighted by Crippen LogP contribution is 2.36. The average Bonchev–Trinajstić information content (AvgIpc) is 2.80. The lowest BCUT2D eigenvalue weighted by molar-refractivity contribution is -0.387. The summed E-state index contributed by atoms with van der Waals surface area (Å²) in [6.07, 6.45) is 0. The summed E-state index contributed by atoms with van der Waals surface area (Å²) in [7, 11) is 0. The highest BCUT2D eigenvalue weighted by Gasteiger charge is 2.18. The lowest BCUT2D eigenvalue weighted by atomic mass is 10.3. The molecule has 2 rings (SSSR count). The van der Waals surface area contributed by atoms with Gasteiger partial charge in [0.05, 0.1) is 9.82 Å². The molecule has 8 heteroatoms. The number of hydrogen-bond donors (Lipinski definition) is 1. The van der Waals surface area contributed by atoms with Crippen molar-refractivity contribution in [2.75, 3.05) is 0 Å². The van der Waals surface area contributed by atoms with Crippen LogP contribution in [0.3, 0.4) is 0 Å². The van der Waals surface area contributed by atoms with Crippen LogP contribution >= 0.6 is 23.4 Å². The van der Waals surface area contributed by atoms with E-state index in [1.54, 1.807) is 0 Å². The van der Waals surface area contributed by atoms with Crippen molar-refractivity contribution in [3.8, 4) is 0 Å². The molecule has 0 saturated heterocycles. The minimum Gasteiger partial charge on any atom is -0.475 e. The first-order chi connectivity index (χ1) is 8.97. The summed E-state index contributed by atoms with van der Waals surface area (Å²) >= 11 is 6.65. The van der Waals surface area contributed by atoms with Gasteiger partial charge in [-0.3, -0.25) is 10.1 Å². The Kier molecular flexibility index (Phi) is 3.77. The molecule has 0 radical (unpaired) electrons. The van der Waals surface area contributed by atoms with Crippen LogP contribution in [0.4, 0.5) is 5.69 Å². The van der Waals surface area contributed by atoms with Crippen molar-refractivity contribution < 1.29 is 19.2 Å². The number of carbonyl (C=O) groups is 1. The van der Waals surface area contributed by atoms with Gasteiger partial charge in [0.1, 0.15) is 0 Å². The van der Waals surface area contributed by atoms with E-state index in [9.17, 15) is 14.9 Å². The summed E-state index contributed by atoms with van der Waals surface area (Å²) in [5, 5.41) is 20.1. The highest BCUT2D eigenvalue weighted by molar-refractivity contribution is 7.99. The molecule has 0 spiro atoms. The van der Waals surface area contributed by atoms with Crippen molar-refractivity contribution in [3.63, 3.8) is 0 Å². The standard InChI is InChI=1S/C11H6ClNO5S/c12-6-1-3-9(7(5-6)13(16)17)19-10-4-2-8(18-10)11(14)15/h1-5H,(H,14,15). The largest absolute Gasteiger partial charge is 0.475 e. The van der Waals surface area contributed by atoms with Crippen molar-refractivity contribution in [2.45, 2.75) is 9.99 Å². The Morgan fingerprint density at radius 2 is 2.11 bits per heavy atom. The minimum absolute atomic E-state index is 0.161. The first-order valence-corrected chi connectivity index (χ1v) is 6.12. The molecule has 0 amide bonds. The Morgan fingerprint density at radius 1 is 1.37 bits per heavy atom. The van der Waals surface area contributed by atoms with Gasteiger partial charge in [-0.25, -0.2) is 4.79 Å². The van der Waals surface area contributed by atoms with Crippen LogP contribution in [0.25, 0.3) is 0 Å². The number of halogens is 1. The second-order valence-corrected chi connectivity index (χ2v) is 4.88. The van der Waals surface area contributed by atoms with Gasteiger partial charge in [0.25, 0.3) is 5.69 Å². The van der Waals surface area contributed by atoms with Gasteiger partial charge in [-0.1, -0.05) is 11.6 Å². The van der Waals surface area contributed by atoms with E-state index >= 15 is 0 Å². The number of rotatable bonds is 4. The molecular weight excluding hydrogens is 294 g/mol. The smallest absolute Gasteiger partial charge is 0.371 e. The third kappa shape index (κ3) is 3.07. The number of carboxylic acid groups (broad SMARTS) is 1. The third-order valence-corrected chi connectivity index (χ3v) is 3.34. The minimum atomic E-state index is -1.20. The molecule has 0 unspecified atom stereocenters. The molecule has 0 saturated carbocycles. The fourth-order valence-corrected chi connectivity index (χ4v) is 2.34. The van der Waals surface area contributed by atoms with E-state index < -0.39 is 10.9 Å². The number of carboxylic acids is 1. The lowest BCUT2D eigenvalue weighted by Crippen LogP contribution is -1.91. The van der Waals surface area contributed by atoms with Crippen LogP contribution < -0.4 is 0 Å². The summed E-state index contributed by atoms with van der Waals surface area (Å²) in [4.78, 5) is 21.3. The molecule has 0 aliphatic heterocycles. The number of benzene rings is 1. The maximum absolute atomic E-state index is 10.9. The van der Waals surface area contributed by atoms with E-state index in [0.29, 0.717) is 4.90 Å². The van der Waals surface area contributed by atoms with E-state index in [1.807, 2.05) is 0 Å². The van der Waals surface area contributed by atoms with Crippen LogP contribution in [0, 0.1) is 10.1 Å². The molecule has 2 aromatic rings. The molecule has 1 N–H and O–H groups in total. The van der Waals surface area contributed by atoms with Crippen molar-refractivity contribution in [3.05, 3.63) is 51.2 Å². The quantitative estimate of drug-likeness (QED) is 0.683. The Labute approximate surface area is 116 Å². The predicted molar refractivity (Wildman–Crippen MR) is 67.9 cm³/mol. The maximum atomic E-state index is 10.9. The lowest BCUT2D eigenvalue weighted by Gasteiger charge is -2.00. The zero-order valence-electron chi connectivity index (χ0n) is 9.20. The van der Waals surface area contributed by atoms with Gasteiger partial charge in [-0.15, -0.1) is 0 Å². The Bertz CT molecular complexity index is 654. The summed E-state index contributed by atoms with van der Waals surface area (Å²) in [5.74, 6) is -1.42. The van der Waals surface area contributed by atoms with Crippen molar-refractivity contribution in [1.29, 1.82) is 0 Å². The molecule has 98 valence electrons. The average molecular weight is 300 g/mol. The van der Waals surface area contributed by atoms with Crippen LogP contribution in [-0.4, -0.2) is 16.0 Å².